The van der Waals surface area contributed by atoms with Crippen molar-refractivity contribution in [2.75, 3.05) is 6.16 Å². The zero-order valence-corrected chi connectivity index (χ0v) is 18.1. The molecule has 0 amide bonds. The Kier molecular flexibility index (Phi) is 6.17. The van der Waals surface area contributed by atoms with Gasteiger partial charge in [-0.05, 0) is 34.0 Å². The molecule has 4 nitrogen and oxygen atoms in total. The third kappa shape index (κ3) is 5.30. The maximum absolute atomic E-state index is 11.6. The Morgan fingerprint density at radius 1 is 0.875 bits per heavy atom. The van der Waals surface area contributed by atoms with Crippen molar-refractivity contribution >= 4 is 7.60 Å². The van der Waals surface area contributed by atoms with Crippen LogP contribution in [0.25, 0.3) is 0 Å². The Labute approximate surface area is 148 Å². The van der Waals surface area contributed by atoms with Gasteiger partial charge in [0.05, 0.1) is 18.4 Å². The minimum absolute atomic E-state index is 0.00573. The fraction of sp³-hybridized carbons (Fsp3) is 1.00. The summed E-state index contributed by atoms with van der Waals surface area (Å²) in [5.74, 6) is 0.414. The van der Waals surface area contributed by atoms with Gasteiger partial charge in [0.1, 0.15) is 0 Å². The van der Waals surface area contributed by atoms with Crippen molar-refractivity contribution in [2.24, 2.45) is 34.0 Å². The first kappa shape index (κ1) is 22.2. The van der Waals surface area contributed by atoms with E-state index >= 15 is 0 Å². The lowest BCUT2D eigenvalue weighted by Gasteiger charge is -2.44. The van der Waals surface area contributed by atoms with Crippen LogP contribution >= 0.6 is 7.60 Å². The van der Waals surface area contributed by atoms with Crippen LogP contribution < -0.4 is 0 Å². The fourth-order valence-corrected chi connectivity index (χ4v) is 5.42. The van der Waals surface area contributed by atoms with Gasteiger partial charge < -0.3 is 14.5 Å². The minimum atomic E-state index is -4.05. The predicted octanol–water partition coefficient (Wildman–Crippen LogP) is 4.94. The molecule has 0 aromatic rings. The number of ether oxygens (including phenoxy) is 1. The summed E-state index contributed by atoms with van der Waals surface area (Å²) in [6, 6.07) is 0. The van der Waals surface area contributed by atoms with Crippen molar-refractivity contribution in [1.29, 1.82) is 0 Å². The predicted molar refractivity (Wildman–Crippen MR) is 100 cm³/mol. The van der Waals surface area contributed by atoms with Crippen molar-refractivity contribution < 1.29 is 19.1 Å². The molecule has 0 aliphatic carbocycles. The Balaban J connectivity index is 3.36. The number of rotatable bonds is 3. The highest BCUT2D eigenvalue weighted by Gasteiger charge is 2.57. The molecule has 1 rings (SSSR count). The lowest BCUT2D eigenvalue weighted by atomic mass is 9.58. The molecule has 144 valence electrons. The molecule has 1 aliphatic rings. The smallest absolute Gasteiger partial charge is 0.325 e. The van der Waals surface area contributed by atoms with E-state index < -0.39 is 7.60 Å². The van der Waals surface area contributed by atoms with E-state index in [0.29, 0.717) is 5.92 Å². The van der Waals surface area contributed by atoms with Gasteiger partial charge in [-0.3, -0.25) is 4.57 Å². The van der Waals surface area contributed by atoms with Crippen LogP contribution in [0.5, 0.6) is 0 Å². The molecule has 0 aromatic heterocycles. The van der Waals surface area contributed by atoms with Crippen molar-refractivity contribution in [1.82, 2.24) is 0 Å². The largest absolute Gasteiger partial charge is 0.374 e. The molecule has 5 atom stereocenters. The van der Waals surface area contributed by atoms with E-state index in [0.717, 1.165) is 0 Å². The highest BCUT2D eigenvalue weighted by atomic mass is 31.2. The summed E-state index contributed by atoms with van der Waals surface area (Å²) in [5, 5.41) is 0. The van der Waals surface area contributed by atoms with Crippen molar-refractivity contribution in [2.45, 2.75) is 81.4 Å². The van der Waals surface area contributed by atoms with Gasteiger partial charge in [-0.15, -0.1) is 0 Å². The van der Waals surface area contributed by atoms with Gasteiger partial charge >= 0.3 is 7.60 Å². The van der Waals surface area contributed by atoms with E-state index in [-0.39, 0.29) is 46.5 Å². The lowest BCUT2D eigenvalue weighted by Crippen LogP contribution is -2.44. The van der Waals surface area contributed by atoms with Crippen LogP contribution in [-0.4, -0.2) is 28.2 Å². The molecule has 1 unspecified atom stereocenters. The molecule has 1 fully saturated rings. The second-order valence-corrected chi connectivity index (χ2v) is 12.7. The molecule has 0 radical (unpaired) electrons. The lowest BCUT2D eigenvalue weighted by molar-refractivity contribution is -0.0592. The second-order valence-electron chi connectivity index (χ2n) is 11.0. The first-order valence-corrected chi connectivity index (χ1v) is 10.9. The van der Waals surface area contributed by atoms with Gasteiger partial charge in [0.15, 0.2) is 0 Å². The molecule has 1 saturated heterocycles. The number of hydrogen-bond donors (Lipinski definition) is 2. The van der Waals surface area contributed by atoms with E-state index in [4.69, 9.17) is 4.74 Å². The quantitative estimate of drug-likeness (QED) is 0.698. The van der Waals surface area contributed by atoms with Crippen LogP contribution in [0.1, 0.15) is 69.2 Å². The summed E-state index contributed by atoms with van der Waals surface area (Å²) in [7, 11) is -4.05. The summed E-state index contributed by atoms with van der Waals surface area (Å²) in [6.45, 7) is 22.0. The third-order valence-electron chi connectivity index (χ3n) is 5.31. The molecule has 1 aliphatic heterocycles. The van der Waals surface area contributed by atoms with Crippen molar-refractivity contribution in [3.8, 4) is 0 Å². The van der Waals surface area contributed by atoms with E-state index in [1.165, 1.54) is 0 Å². The highest BCUT2D eigenvalue weighted by Crippen LogP contribution is 2.57. The van der Waals surface area contributed by atoms with Gasteiger partial charge in [-0.25, -0.2) is 0 Å². The normalized spacial score (nSPS) is 31.3. The molecule has 0 spiro atoms. The standard InChI is InChI=1S/C19H39O4P/c1-12(11-24(20,21)22)15-13(17(2,3)4)14(18(5,6)7)16(23-15)19(8,9)10/h12-16H,11H2,1-10H3,(H2,20,21,22)/t12-,13?,14+,15-,16-/m1/s1. The van der Waals surface area contributed by atoms with E-state index in [1.807, 2.05) is 6.92 Å². The molecule has 5 heteroatoms. The topological polar surface area (TPSA) is 66.8 Å². The molecule has 24 heavy (non-hydrogen) atoms. The third-order valence-corrected chi connectivity index (χ3v) is 6.36. The summed E-state index contributed by atoms with van der Waals surface area (Å²) in [5.41, 5.74) is 0.0519. The summed E-state index contributed by atoms with van der Waals surface area (Å²) in [6.07, 6.45) is -0.171. The van der Waals surface area contributed by atoms with Crippen molar-refractivity contribution in [3.63, 3.8) is 0 Å². The molecule has 0 aromatic carbocycles. The molecule has 2 N–H and O–H groups in total. The Bertz CT molecular complexity index is 475. The van der Waals surface area contributed by atoms with E-state index in [9.17, 15) is 14.4 Å². The maximum Gasteiger partial charge on any atom is 0.325 e. The van der Waals surface area contributed by atoms with Crippen LogP contribution in [0.2, 0.25) is 0 Å². The highest BCUT2D eigenvalue weighted by molar-refractivity contribution is 7.51. The monoisotopic (exact) mass is 362 g/mol. The fourth-order valence-electron chi connectivity index (χ4n) is 4.47. The summed E-state index contributed by atoms with van der Waals surface area (Å²) < 4.78 is 18.1. The van der Waals surface area contributed by atoms with E-state index in [2.05, 4.69) is 62.3 Å². The van der Waals surface area contributed by atoms with Crippen LogP contribution in [0.15, 0.2) is 0 Å². The zero-order chi connectivity index (χ0) is 19.3. The molecule has 0 bridgehead atoms. The Hall–Kier alpha value is 0.110. The summed E-state index contributed by atoms with van der Waals surface area (Å²) >= 11 is 0. The average Bonchev–Trinajstić information content (AvgIpc) is 2.64. The van der Waals surface area contributed by atoms with Gasteiger partial charge in [0.25, 0.3) is 0 Å². The Morgan fingerprint density at radius 2 is 1.29 bits per heavy atom. The van der Waals surface area contributed by atoms with Gasteiger partial charge in [-0.1, -0.05) is 69.2 Å². The SMILES string of the molecule is C[C@H](CP(=O)(O)O)[C@H]1O[C@@H](C(C)(C)C)[C@@H](C(C)(C)C)C1C(C)(C)C. The van der Waals surface area contributed by atoms with E-state index in [1.54, 1.807) is 0 Å². The Morgan fingerprint density at radius 3 is 1.58 bits per heavy atom. The summed E-state index contributed by atoms with van der Waals surface area (Å²) in [4.78, 5) is 18.9. The zero-order valence-electron chi connectivity index (χ0n) is 17.3. The molecular formula is C19H39O4P. The van der Waals surface area contributed by atoms with Crippen LogP contribution in [0.4, 0.5) is 0 Å². The average molecular weight is 362 g/mol. The van der Waals surface area contributed by atoms with Gasteiger partial charge in [-0.2, -0.15) is 0 Å². The molecular weight excluding hydrogens is 323 g/mol. The van der Waals surface area contributed by atoms with Gasteiger partial charge in [0.2, 0.25) is 0 Å². The van der Waals surface area contributed by atoms with Crippen LogP contribution in [0, 0.1) is 34.0 Å². The molecule has 1 heterocycles. The first-order valence-electron chi connectivity index (χ1n) is 9.06. The molecule has 0 saturated carbocycles. The van der Waals surface area contributed by atoms with Gasteiger partial charge in [0, 0.05) is 0 Å². The van der Waals surface area contributed by atoms with Crippen LogP contribution in [0.3, 0.4) is 0 Å². The van der Waals surface area contributed by atoms with Crippen LogP contribution in [-0.2, 0) is 9.30 Å². The van der Waals surface area contributed by atoms with Crippen molar-refractivity contribution in [3.05, 3.63) is 0 Å². The maximum atomic E-state index is 11.6. The number of hydrogen-bond acceptors (Lipinski definition) is 2. The first-order chi connectivity index (χ1) is 10.4. The second kappa shape index (κ2) is 6.68. The minimum Gasteiger partial charge on any atom is -0.374 e.